The fraction of sp³-hybridized carbons (Fsp3) is 0.455. The van der Waals surface area contributed by atoms with Crippen LogP contribution in [0.25, 0.3) is 0 Å². The van der Waals surface area contributed by atoms with E-state index in [9.17, 15) is 0 Å². The highest BCUT2D eigenvalue weighted by Gasteiger charge is 1.96. The van der Waals surface area contributed by atoms with Gasteiger partial charge in [0.1, 0.15) is 0 Å². The normalized spacial score (nSPS) is 10.2. The van der Waals surface area contributed by atoms with Crippen LogP contribution in [0.5, 0.6) is 0 Å². The maximum atomic E-state index is 5.91. The van der Waals surface area contributed by atoms with Gasteiger partial charge in [0.2, 0.25) is 0 Å². The molecule has 0 saturated carbocycles. The minimum atomic E-state index is 0.871. The number of benzene rings is 1. The lowest BCUT2D eigenvalue weighted by atomic mass is 10.1. The van der Waals surface area contributed by atoms with E-state index < -0.39 is 0 Å². The second-order valence-electron chi connectivity index (χ2n) is 3.19. The van der Waals surface area contributed by atoms with E-state index in [-0.39, 0.29) is 0 Å². The SMILES string of the molecule is CCCCc1ccc(Cl)c(C)c1. The molecule has 66 valence electrons. The summed E-state index contributed by atoms with van der Waals surface area (Å²) in [6.07, 6.45) is 3.69. The van der Waals surface area contributed by atoms with Crippen LogP contribution in [-0.4, -0.2) is 0 Å². The molecule has 0 nitrogen and oxygen atoms in total. The molecule has 0 atom stereocenters. The Kier molecular flexibility index (Phi) is 3.61. The second kappa shape index (κ2) is 4.51. The van der Waals surface area contributed by atoms with Crippen molar-refractivity contribution in [3.05, 3.63) is 34.3 Å². The Morgan fingerprint density at radius 3 is 2.67 bits per heavy atom. The lowest BCUT2D eigenvalue weighted by Gasteiger charge is -2.02. The van der Waals surface area contributed by atoms with Crippen molar-refractivity contribution in [3.8, 4) is 0 Å². The van der Waals surface area contributed by atoms with Crippen molar-refractivity contribution >= 4 is 11.6 Å². The van der Waals surface area contributed by atoms with Crippen molar-refractivity contribution in [1.29, 1.82) is 0 Å². The quantitative estimate of drug-likeness (QED) is 0.663. The number of halogens is 1. The van der Waals surface area contributed by atoms with Gasteiger partial charge in [0.05, 0.1) is 0 Å². The second-order valence-corrected chi connectivity index (χ2v) is 3.59. The zero-order valence-corrected chi connectivity index (χ0v) is 8.49. The third-order valence-corrected chi connectivity index (χ3v) is 2.47. The third-order valence-electron chi connectivity index (χ3n) is 2.04. The molecule has 12 heavy (non-hydrogen) atoms. The van der Waals surface area contributed by atoms with E-state index in [2.05, 4.69) is 26.0 Å². The molecule has 0 aliphatic rings. The predicted molar refractivity (Wildman–Crippen MR) is 54.8 cm³/mol. The molecule has 0 saturated heterocycles. The smallest absolute Gasteiger partial charge is 0.0435 e. The van der Waals surface area contributed by atoms with Crippen molar-refractivity contribution in [1.82, 2.24) is 0 Å². The first-order chi connectivity index (χ1) is 5.74. The number of aryl methyl sites for hydroxylation is 2. The lowest BCUT2D eigenvalue weighted by molar-refractivity contribution is 0.794. The van der Waals surface area contributed by atoms with Gasteiger partial charge in [-0.2, -0.15) is 0 Å². The third kappa shape index (κ3) is 2.53. The molecule has 0 bridgehead atoms. The maximum absolute atomic E-state index is 5.91. The highest BCUT2D eigenvalue weighted by Crippen LogP contribution is 2.17. The van der Waals surface area contributed by atoms with E-state index in [1.807, 2.05) is 6.07 Å². The molecule has 0 N–H and O–H groups in total. The van der Waals surface area contributed by atoms with E-state index in [0.29, 0.717) is 0 Å². The van der Waals surface area contributed by atoms with Gasteiger partial charge in [-0.1, -0.05) is 37.1 Å². The monoisotopic (exact) mass is 182 g/mol. The van der Waals surface area contributed by atoms with E-state index in [0.717, 1.165) is 5.02 Å². The van der Waals surface area contributed by atoms with Gasteiger partial charge in [0.25, 0.3) is 0 Å². The zero-order chi connectivity index (χ0) is 8.97. The Morgan fingerprint density at radius 1 is 1.33 bits per heavy atom. The van der Waals surface area contributed by atoms with Crippen molar-refractivity contribution < 1.29 is 0 Å². The van der Waals surface area contributed by atoms with Crippen molar-refractivity contribution in [2.75, 3.05) is 0 Å². The number of hydrogen-bond donors (Lipinski definition) is 0. The summed E-state index contributed by atoms with van der Waals surface area (Å²) >= 11 is 5.91. The molecule has 0 amide bonds. The fourth-order valence-corrected chi connectivity index (χ4v) is 1.36. The topological polar surface area (TPSA) is 0 Å². The van der Waals surface area contributed by atoms with Crippen molar-refractivity contribution in [3.63, 3.8) is 0 Å². The van der Waals surface area contributed by atoms with E-state index >= 15 is 0 Å². The van der Waals surface area contributed by atoms with Gasteiger partial charge < -0.3 is 0 Å². The zero-order valence-electron chi connectivity index (χ0n) is 7.73. The molecular formula is C11H15Cl. The van der Waals surface area contributed by atoms with Gasteiger partial charge in [0, 0.05) is 5.02 Å². The van der Waals surface area contributed by atoms with Crippen LogP contribution in [0.15, 0.2) is 18.2 Å². The van der Waals surface area contributed by atoms with Crippen molar-refractivity contribution in [2.45, 2.75) is 33.1 Å². The Labute approximate surface area is 79.6 Å². The molecule has 1 aromatic carbocycles. The summed E-state index contributed by atoms with van der Waals surface area (Å²) in [6, 6.07) is 6.28. The Hall–Kier alpha value is -0.490. The van der Waals surface area contributed by atoms with Gasteiger partial charge >= 0.3 is 0 Å². The predicted octanol–water partition coefficient (Wildman–Crippen LogP) is 3.99. The molecule has 0 aliphatic heterocycles. The summed E-state index contributed by atoms with van der Waals surface area (Å²) in [5, 5.41) is 0.871. The van der Waals surface area contributed by atoms with Gasteiger partial charge in [-0.05, 0) is 37.0 Å². The van der Waals surface area contributed by atoms with Crippen LogP contribution in [-0.2, 0) is 6.42 Å². The van der Waals surface area contributed by atoms with Crippen molar-refractivity contribution in [2.24, 2.45) is 0 Å². The molecule has 0 aliphatic carbocycles. The number of unbranched alkanes of at least 4 members (excludes halogenated alkanes) is 1. The first-order valence-electron chi connectivity index (χ1n) is 4.49. The first kappa shape index (κ1) is 9.60. The van der Waals surface area contributed by atoms with Gasteiger partial charge in [-0.15, -0.1) is 0 Å². The van der Waals surface area contributed by atoms with Gasteiger partial charge in [-0.3, -0.25) is 0 Å². The average molecular weight is 183 g/mol. The summed E-state index contributed by atoms with van der Waals surface area (Å²) in [6.45, 7) is 4.26. The van der Waals surface area contributed by atoms with Crippen LogP contribution >= 0.6 is 11.6 Å². The highest BCUT2D eigenvalue weighted by atomic mass is 35.5. The molecular weight excluding hydrogens is 168 g/mol. The first-order valence-corrected chi connectivity index (χ1v) is 4.87. The summed E-state index contributed by atoms with van der Waals surface area (Å²) in [4.78, 5) is 0. The Bertz CT molecular complexity index is 253. The fourth-order valence-electron chi connectivity index (χ4n) is 1.24. The summed E-state index contributed by atoms with van der Waals surface area (Å²) in [5.41, 5.74) is 2.59. The average Bonchev–Trinajstić information content (AvgIpc) is 2.07. The molecule has 0 spiro atoms. The van der Waals surface area contributed by atoms with Crippen LogP contribution < -0.4 is 0 Å². The van der Waals surface area contributed by atoms with Crippen LogP contribution in [0.4, 0.5) is 0 Å². The summed E-state index contributed by atoms with van der Waals surface area (Å²) < 4.78 is 0. The number of rotatable bonds is 3. The van der Waals surface area contributed by atoms with Crippen LogP contribution in [0.2, 0.25) is 5.02 Å². The van der Waals surface area contributed by atoms with Crippen LogP contribution in [0, 0.1) is 6.92 Å². The van der Waals surface area contributed by atoms with E-state index in [4.69, 9.17) is 11.6 Å². The molecule has 0 aromatic heterocycles. The Morgan fingerprint density at radius 2 is 2.08 bits per heavy atom. The molecule has 1 heteroatoms. The summed E-state index contributed by atoms with van der Waals surface area (Å²) in [7, 11) is 0. The minimum absolute atomic E-state index is 0.871. The molecule has 0 fully saturated rings. The van der Waals surface area contributed by atoms with E-state index in [1.165, 1.54) is 30.4 Å². The highest BCUT2D eigenvalue weighted by molar-refractivity contribution is 6.31. The molecule has 0 radical (unpaired) electrons. The molecule has 0 heterocycles. The molecule has 1 aromatic rings. The lowest BCUT2D eigenvalue weighted by Crippen LogP contribution is -1.85. The Balaban J connectivity index is 2.69. The van der Waals surface area contributed by atoms with Gasteiger partial charge in [0.15, 0.2) is 0 Å². The molecule has 0 unspecified atom stereocenters. The molecule has 1 rings (SSSR count). The van der Waals surface area contributed by atoms with E-state index in [1.54, 1.807) is 0 Å². The van der Waals surface area contributed by atoms with Crippen LogP contribution in [0.3, 0.4) is 0 Å². The number of hydrogen-bond acceptors (Lipinski definition) is 0. The standard InChI is InChI=1S/C11H15Cl/c1-3-4-5-10-6-7-11(12)9(2)8-10/h6-8H,3-5H2,1-2H3. The van der Waals surface area contributed by atoms with Gasteiger partial charge in [-0.25, -0.2) is 0 Å². The maximum Gasteiger partial charge on any atom is 0.0435 e. The van der Waals surface area contributed by atoms with Crippen LogP contribution in [0.1, 0.15) is 30.9 Å². The largest absolute Gasteiger partial charge is 0.0841 e. The minimum Gasteiger partial charge on any atom is -0.0841 e. The summed E-state index contributed by atoms with van der Waals surface area (Å²) in [5.74, 6) is 0.